The summed E-state index contributed by atoms with van der Waals surface area (Å²) in [5, 5.41) is 19.6. The fourth-order valence-corrected chi connectivity index (χ4v) is 4.88. The molecule has 2 heterocycles. The van der Waals surface area contributed by atoms with Crippen LogP contribution in [0.1, 0.15) is 59.2 Å². The molecule has 0 radical (unpaired) electrons. The molecule has 0 unspecified atom stereocenters. The van der Waals surface area contributed by atoms with E-state index in [0.29, 0.717) is 22.9 Å². The SMILES string of the molecule is O=C(Nc1ccc(N2CCC(CCN3CCCCC3)CC2)c(C(=O)O)c1)c1ccc(F)cc1.O=C(O)C(F)(F)F. The molecule has 0 saturated carbocycles. The fraction of sp³-hybridized carbons (Fsp3) is 0.464. The number of amides is 1. The van der Waals surface area contributed by atoms with Crippen LogP contribution in [0.25, 0.3) is 0 Å². The molecule has 0 spiro atoms. The van der Waals surface area contributed by atoms with Crippen LogP contribution in [-0.2, 0) is 4.79 Å². The van der Waals surface area contributed by atoms with Crippen molar-refractivity contribution in [1.29, 1.82) is 0 Å². The van der Waals surface area contributed by atoms with E-state index in [-0.39, 0.29) is 5.56 Å². The van der Waals surface area contributed by atoms with E-state index in [9.17, 15) is 32.3 Å². The van der Waals surface area contributed by atoms with Crippen LogP contribution in [-0.4, -0.2) is 71.9 Å². The van der Waals surface area contributed by atoms with Crippen molar-refractivity contribution in [1.82, 2.24) is 4.90 Å². The molecule has 1 amide bonds. The van der Waals surface area contributed by atoms with Crippen LogP contribution in [0, 0.1) is 11.7 Å². The lowest BCUT2D eigenvalue weighted by molar-refractivity contribution is -0.192. The van der Waals surface area contributed by atoms with Gasteiger partial charge in [-0.2, -0.15) is 13.2 Å². The van der Waals surface area contributed by atoms with Crippen LogP contribution in [0.3, 0.4) is 0 Å². The van der Waals surface area contributed by atoms with Crippen LogP contribution in [0.5, 0.6) is 0 Å². The second kappa shape index (κ2) is 14.1. The van der Waals surface area contributed by atoms with Crippen LogP contribution in [0.2, 0.25) is 0 Å². The average molecular weight is 568 g/mol. The van der Waals surface area contributed by atoms with Crippen molar-refractivity contribution in [2.24, 2.45) is 5.92 Å². The molecule has 2 aliphatic heterocycles. The second-order valence-electron chi connectivity index (χ2n) is 9.92. The van der Waals surface area contributed by atoms with Crippen LogP contribution < -0.4 is 10.2 Å². The minimum Gasteiger partial charge on any atom is -0.478 e. The monoisotopic (exact) mass is 567 g/mol. The summed E-state index contributed by atoms with van der Waals surface area (Å²) in [6.07, 6.45) is 2.25. The number of hydrogen-bond acceptors (Lipinski definition) is 5. The van der Waals surface area contributed by atoms with Crippen molar-refractivity contribution in [3.05, 3.63) is 59.4 Å². The van der Waals surface area contributed by atoms with E-state index >= 15 is 0 Å². The van der Waals surface area contributed by atoms with Crippen molar-refractivity contribution >= 4 is 29.2 Å². The molecule has 3 N–H and O–H groups in total. The fourth-order valence-electron chi connectivity index (χ4n) is 4.88. The van der Waals surface area contributed by atoms with E-state index in [4.69, 9.17) is 9.90 Å². The zero-order chi connectivity index (χ0) is 29.3. The third-order valence-electron chi connectivity index (χ3n) is 7.09. The first kappa shape index (κ1) is 30.9. The molecule has 2 fully saturated rings. The number of likely N-dealkylation sites (tertiary alicyclic amines) is 1. The molecule has 0 aliphatic carbocycles. The van der Waals surface area contributed by atoms with Crippen molar-refractivity contribution in [2.45, 2.75) is 44.7 Å². The summed E-state index contributed by atoms with van der Waals surface area (Å²) in [7, 11) is 0. The van der Waals surface area contributed by atoms with Crippen molar-refractivity contribution in [3.63, 3.8) is 0 Å². The second-order valence-corrected chi connectivity index (χ2v) is 9.92. The van der Waals surface area contributed by atoms with E-state index in [1.165, 1.54) is 75.6 Å². The number of rotatable bonds is 7. The van der Waals surface area contributed by atoms with E-state index in [1.54, 1.807) is 12.1 Å². The summed E-state index contributed by atoms with van der Waals surface area (Å²) in [6, 6.07) is 10.2. The number of nitrogens with zero attached hydrogens (tertiary/aromatic N) is 2. The van der Waals surface area contributed by atoms with Gasteiger partial charge in [0.2, 0.25) is 0 Å². The highest BCUT2D eigenvalue weighted by atomic mass is 19.4. The molecule has 0 bridgehead atoms. The highest BCUT2D eigenvalue weighted by Crippen LogP contribution is 2.30. The quantitative estimate of drug-likeness (QED) is 0.379. The van der Waals surface area contributed by atoms with Crippen molar-refractivity contribution < 1.29 is 42.2 Å². The number of benzene rings is 2. The molecule has 2 aromatic rings. The van der Waals surface area contributed by atoms with Gasteiger partial charge in [0.15, 0.2) is 0 Å². The molecule has 4 rings (SSSR count). The zero-order valence-corrected chi connectivity index (χ0v) is 21.9. The first-order chi connectivity index (χ1) is 18.9. The number of piperidine rings is 2. The summed E-state index contributed by atoms with van der Waals surface area (Å²) >= 11 is 0. The van der Waals surface area contributed by atoms with E-state index < -0.39 is 29.8 Å². The lowest BCUT2D eigenvalue weighted by Crippen LogP contribution is -2.37. The number of nitrogens with one attached hydrogen (secondary N) is 1. The summed E-state index contributed by atoms with van der Waals surface area (Å²) < 4.78 is 44.8. The molecule has 2 saturated heterocycles. The lowest BCUT2D eigenvalue weighted by Gasteiger charge is -2.35. The first-order valence-corrected chi connectivity index (χ1v) is 13.2. The zero-order valence-electron chi connectivity index (χ0n) is 21.9. The maximum Gasteiger partial charge on any atom is 0.490 e. The number of halogens is 4. The number of carboxylic acid groups (broad SMARTS) is 2. The smallest absolute Gasteiger partial charge is 0.478 e. The summed E-state index contributed by atoms with van der Waals surface area (Å²) in [6.45, 7) is 5.31. The van der Waals surface area contributed by atoms with E-state index in [0.717, 1.165) is 25.9 Å². The Morgan fingerprint density at radius 1 is 0.900 bits per heavy atom. The molecular weight excluding hydrogens is 534 g/mol. The molecule has 40 heavy (non-hydrogen) atoms. The van der Waals surface area contributed by atoms with Gasteiger partial charge in [-0.3, -0.25) is 4.79 Å². The maximum absolute atomic E-state index is 13.1. The third-order valence-corrected chi connectivity index (χ3v) is 7.09. The van der Waals surface area contributed by atoms with Gasteiger partial charge in [0.25, 0.3) is 5.91 Å². The highest BCUT2D eigenvalue weighted by Gasteiger charge is 2.38. The van der Waals surface area contributed by atoms with Gasteiger partial charge in [-0.05, 0) is 100 Å². The Balaban J connectivity index is 0.000000559. The number of aromatic carboxylic acids is 1. The number of carboxylic acids is 2. The van der Waals surface area contributed by atoms with Gasteiger partial charge in [-0.25, -0.2) is 14.0 Å². The van der Waals surface area contributed by atoms with Gasteiger partial charge < -0.3 is 25.3 Å². The summed E-state index contributed by atoms with van der Waals surface area (Å²) in [5.74, 6) is -3.92. The molecule has 2 aliphatic rings. The van der Waals surface area contributed by atoms with Gasteiger partial charge >= 0.3 is 18.1 Å². The molecule has 218 valence electrons. The molecule has 2 aromatic carbocycles. The standard InChI is InChI=1S/C26H32FN3O3.C2HF3O2/c27-21-6-4-20(5-7-21)25(31)28-22-8-9-24(23(18-22)26(32)33)30-16-11-19(12-17-30)10-15-29-13-2-1-3-14-29;3-2(4,5)1(6)7/h4-9,18-19H,1-3,10-17H2,(H,28,31)(H,32,33);(H,6,7). The number of alkyl halides is 3. The van der Waals surface area contributed by atoms with Crippen LogP contribution >= 0.6 is 0 Å². The highest BCUT2D eigenvalue weighted by molar-refractivity contribution is 6.05. The van der Waals surface area contributed by atoms with E-state index in [1.807, 2.05) is 0 Å². The van der Waals surface area contributed by atoms with Crippen molar-refractivity contribution in [2.75, 3.05) is 42.9 Å². The predicted octanol–water partition coefficient (Wildman–Crippen LogP) is 5.50. The van der Waals surface area contributed by atoms with Gasteiger partial charge in [0.1, 0.15) is 5.82 Å². The molecule has 8 nitrogen and oxygen atoms in total. The molecular formula is C28H33F4N3O5. The Labute approximate surface area is 229 Å². The van der Waals surface area contributed by atoms with Crippen molar-refractivity contribution in [3.8, 4) is 0 Å². The number of aliphatic carboxylic acids is 1. The Kier molecular flexibility index (Phi) is 10.9. The Morgan fingerprint density at radius 2 is 1.50 bits per heavy atom. The number of hydrogen-bond donors (Lipinski definition) is 3. The largest absolute Gasteiger partial charge is 0.490 e. The average Bonchev–Trinajstić information content (AvgIpc) is 2.93. The summed E-state index contributed by atoms with van der Waals surface area (Å²) in [4.78, 5) is 38.0. The van der Waals surface area contributed by atoms with Crippen LogP contribution in [0.15, 0.2) is 42.5 Å². The molecule has 0 aromatic heterocycles. The molecule has 0 atom stereocenters. The Bertz CT molecular complexity index is 1160. The Morgan fingerprint density at radius 3 is 2.05 bits per heavy atom. The predicted molar refractivity (Wildman–Crippen MR) is 141 cm³/mol. The molecule has 12 heteroatoms. The lowest BCUT2D eigenvalue weighted by atomic mass is 9.92. The van der Waals surface area contributed by atoms with Crippen LogP contribution in [0.4, 0.5) is 28.9 Å². The minimum absolute atomic E-state index is 0.179. The maximum atomic E-state index is 13.1. The normalized spacial score (nSPS) is 16.6. The van der Waals surface area contributed by atoms with Gasteiger partial charge in [-0.1, -0.05) is 6.42 Å². The third kappa shape index (κ3) is 9.22. The Hall–Kier alpha value is -3.67. The van der Waals surface area contributed by atoms with Gasteiger partial charge in [-0.15, -0.1) is 0 Å². The van der Waals surface area contributed by atoms with Gasteiger partial charge in [0, 0.05) is 24.3 Å². The summed E-state index contributed by atoms with van der Waals surface area (Å²) in [5.41, 5.74) is 1.58. The minimum atomic E-state index is -5.08. The number of carbonyl (C=O) groups excluding carboxylic acids is 1. The number of carbonyl (C=O) groups is 3. The van der Waals surface area contributed by atoms with E-state index in [2.05, 4.69) is 15.1 Å². The van der Waals surface area contributed by atoms with Gasteiger partial charge in [0.05, 0.1) is 11.3 Å². The number of anilines is 2. The topological polar surface area (TPSA) is 110 Å². The first-order valence-electron chi connectivity index (χ1n) is 13.2.